The molecule has 16 heavy (non-hydrogen) atoms. The summed E-state index contributed by atoms with van der Waals surface area (Å²) in [5, 5.41) is 23.2. The van der Waals surface area contributed by atoms with Crippen molar-refractivity contribution in [2.24, 2.45) is 17.3 Å². The molecule has 0 aromatic carbocycles. The van der Waals surface area contributed by atoms with Crippen molar-refractivity contribution in [3.8, 4) is 12.1 Å². The topological polar surface area (TPSA) is 106 Å². The van der Waals surface area contributed by atoms with E-state index in [1.165, 1.54) is 0 Å². The summed E-state index contributed by atoms with van der Waals surface area (Å²) in [5.41, 5.74) is -2.04. The predicted octanol–water partition coefficient (Wildman–Crippen LogP) is -0.752. The number of amides is 2. The van der Waals surface area contributed by atoms with Crippen molar-refractivity contribution >= 4 is 11.8 Å². The molecule has 0 bridgehead atoms. The van der Waals surface area contributed by atoms with E-state index in [1.807, 2.05) is 12.1 Å². The molecule has 82 valence electrons. The number of hydrogen-bond acceptors (Lipinski definition) is 4. The van der Waals surface area contributed by atoms with Gasteiger partial charge in [0.1, 0.15) is 17.5 Å². The van der Waals surface area contributed by atoms with Gasteiger partial charge < -0.3 is 10.6 Å². The molecule has 2 N–H and O–H groups in total. The molecule has 2 aliphatic heterocycles. The Morgan fingerprint density at radius 3 is 1.75 bits per heavy atom. The van der Waals surface area contributed by atoms with Gasteiger partial charge in [-0.3, -0.25) is 9.59 Å². The average Bonchev–Trinajstić information content (AvgIpc) is 2.46. The van der Waals surface area contributed by atoms with Gasteiger partial charge in [0, 0.05) is 0 Å². The van der Waals surface area contributed by atoms with Crippen LogP contribution in [0.2, 0.25) is 0 Å². The normalized spacial score (nSPS) is 45.2. The maximum absolute atomic E-state index is 11.6. The molecule has 2 aliphatic rings. The van der Waals surface area contributed by atoms with Crippen molar-refractivity contribution < 1.29 is 9.59 Å². The first kappa shape index (κ1) is 10.4. The first-order valence-corrected chi connectivity index (χ1v) is 4.84. The molecule has 2 saturated heterocycles. The molecule has 0 saturated carbocycles. The zero-order valence-corrected chi connectivity index (χ0v) is 8.87. The predicted molar refractivity (Wildman–Crippen MR) is 51.0 cm³/mol. The van der Waals surface area contributed by atoms with Crippen LogP contribution in [-0.4, -0.2) is 17.5 Å². The SMILES string of the molecule is CC12NC(=O)[C@H](C#N)C1(C)[C@@H](C#N)C(=O)N2. The minimum absolute atomic E-state index is 0.437. The highest BCUT2D eigenvalue weighted by atomic mass is 16.2. The number of hydrogen-bond donors (Lipinski definition) is 2. The number of carbonyl (C=O) groups excluding carboxylic acids is 2. The third-order valence-corrected chi connectivity index (χ3v) is 3.81. The zero-order chi connectivity index (χ0) is 12.1. The van der Waals surface area contributed by atoms with Crippen molar-refractivity contribution in [1.29, 1.82) is 10.5 Å². The van der Waals surface area contributed by atoms with Gasteiger partial charge >= 0.3 is 0 Å². The third kappa shape index (κ3) is 0.849. The highest BCUT2D eigenvalue weighted by Crippen LogP contribution is 2.51. The third-order valence-electron chi connectivity index (χ3n) is 3.81. The van der Waals surface area contributed by atoms with Crippen molar-refractivity contribution in [3.05, 3.63) is 0 Å². The monoisotopic (exact) mass is 218 g/mol. The quantitative estimate of drug-likeness (QED) is 0.557. The summed E-state index contributed by atoms with van der Waals surface area (Å²) in [7, 11) is 0. The standard InChI is InChI=1S/C10H10N4O2/c1-9-5(3-11)7(15)13-10(9,2)14-8(16)6(9)4-12/h5-6H,1-2H3,(H,13,15)(H,14,16)/t5-,6-,9?,10?/m0/s1. The molecule has 2 atom stereocenters. The minimum atomic E-state index is -1.02. The van der Waals surface area contributed by atoms with E-state index in [2.05, 4.69) is 10.6 Å². The first-order chi connectivity index (χ1) is 7.40. The Kier molecular flexibility index (Phi) is 1.78. The number of nitrogens with zero attached hydrogens (tertiary/aromatic N) is 2. The van der Waals surface area contributed by atoms with Crippen LogP contribution < -0.4 is 10.6 Å². The van der Waals surface area contributed by atoms with E-state index in [1.54, 1.807) is 13.8 Å². The van der Waals surface area contributed by atoms with Crippen LogP contribution in [-0.2, 0) is 9.59 Å². The van der Waals surface area contributed by atoms with Crippen LogP contribution in [0.1, 0.15) is 13.8 Å². The van der Waals surface area contributed by atoms with E-state index in [-0.39, 0.29) is 0 Å². The van der Waals surface area contributed by atoms with Gasteiger partial charge in [-0.2, -0.15) is 10.5 Å². The molecule has 0 spiro atoms. The van der Waals surface area contributed by atoms with E-state index in [9.17, 15) is 9.59 Å². The van der Waals surface area contributed by atoms with Crippen molar-refractivity contribution in [3.63, 3.8) is 0 Å². The lowest BCUT2D eigenvalue weighted by atomic mass is 9.67. The number of nitriles is 2. The summed E-state index contributed by atoms with van der Waals surface area (Å²) < 4.78 is 0. The van der Waals surface area contributed by atoms with E-state index >= 15 is 0 Å². The van der Waals surface area contributed by atoms with Crippen molar-refractivity contribution in [2.45, 2.75) is 19.5 Å². The van der Waals surface area contributed by atoms with Crippen LogP contribution >= 0.6 is 0 Å². The molecule has 0 radical (unpaired) electrons. The van der Waals surface area contributed by atoms with E-state index in [4.69, 9.17) is 10.5 Å². The Hall–Kier alpha value is -2.08. The summed E-state index contributed by atoms with van der Waals surface area (Å²) in [5.74, 6) is -2.84. The van der Waals surface area contributed by atoms with Gasteiger partial charge in [-0.25, -0.2) is 0 Å². The Bertz CT molecular complexity index is 434. The largest absolute Gasteiger partial charge is 0.332 e. The van der Waals surface area contributed by atoms with Crippen LogP contribution in [0.5, 0.6) is 0 Å². The fourth-order valence-electron chi connectivity index (χ4n) is 2.61. The maximum atomic E-state index is 11.6. The molecule has 2 amide bonds. The number of nitrogens with one attached hydrogen (secondary N) is 2. The van der Waals surface area contributed by atoms with E-state index < -0.39 is 34.7 Å². The lowest BCUT2D eigenvalue weighted by Crippen LogP contribution is -2.55. The molecular weight excluding hydrogens is 208 g/mol. The maximum Gasteiger partial charge on any atom is 0.239 e. The first-order valence-electron chi connectivity index (χ1n) is 4.84. The molecule has 2 fully saturated rings. The van der Waals surface area contributed by atoms with Crippen molar-refractivity contribution in [1.82, 2.24) is 10.6 Å². The van der Waals surface area contributed by atoms with Crippen LogP contribution in [0.4, 0.5) is 0 Å². The lowest BCUT2D eigenvalue weighted by Gasteiger charge is -2.34. The summed E-state index contributed by atoms with van der Waals surface area (Å²) in [4.78, 5) is 23.2. The fraction of sp³-hybridized carbons (Fsp3) is 0.600. The van der Waals surface area contributed by atoms with Gasteiger partial charge in [-0.05, 0) is 6.92 Å². The molecule has 0 aliphatic carbocycles. The van der Waals surface area contributed by atoms with Crippen LogP contribution in [0.3, 0.4) is 0 Å². The van der Waals surface area contributed by atoms with Gasteiger partial charge in [0.25, 0.3) is 0 Å². The van der Waals surface area contributed by atoms with Crippen LogP contribution in [0, 0.1) is 39.9 Å². The highest BCUT2D eigenvalue weighted by Gasteiger charge is 2.70. The Labute approximate surface area is 92.2 Å². The molecule has 0 aromatic rings. The molecular formula is C10H10N4O2. The van der Waals surface area contributed by atoms with Gasteiger partial charge in [-0.15, -0.1) is 0 Å². The number of fused-ring (bicyclic) bond motifs is 1. The summed E-state index contributed by atoms with van der Waals surface area (Å²) in [6, 6.07) is 3.76. The van der Waals surface area contributed by atoms with Crippen molar-refractivity contribution in [2.75, 3.05) is 0 Å². The number of rotatable bonds is 0. The lowest BCUT2D eigenvalue weighted by molar-refractivity contribution is -0.125. The molecule has 0 unspecified atom stereocenters. The minimum Gasteiger partial charge on any atom is -0.332 e. The molecule has 6 nitrogen and oxygen atoms in total. The molecule has 2 rings (SSSR count). The van der Waals surface area contributed by atoms with E-state index in [0.717, 1.165) is 0 Å². The summed E-state index contributed by atoms with van der Waals surface area (Å²) in [6.45, 7) is 3.24. The smallest absolute Gasteiger partial charge is 0.239 e. The van der Waals surface area contributed by atoms with Crippen LogP contribution in [0.15, 0.2) is 0 Å². The summed E-state index contributed by atoms with van der Waals surface area (Å²) in [6.07, 6.45) is 0. The molecule has 0 aromatic heterocycles. The Morgan fingerprint density at radius 1 is 1.06 bits per heavy atom. The molecule has 2 heterocycles. The van der Waals surface area contributed by atoms with Crippen LogP contribution in [0.25, 0.3) is 0 Å². The molecule has 6 heteroatoms. The highest BCUT2D eigenvalue weighted by molar-refractivity contribution is 5.94. The number of carbonyl (C=O) groups is 2. The van der Waals surface area contributed by atoms with Gasteiger partial charge in [0.2, 0.25) is 11.8 Å². The van der Waals surface area contributed by atoms with Gasteiger partial charge in [-0.1, -0.05) is 6.92 Å². The van der Waals surface area contributed by atoms with Gasteiger partial charge in [0.05, 0.1) is 17.6 Å². The zero-order valence-electron chi connectivity index (χ0n) is 8.87. The Balaban J connectivity index is 2.61. The fourth-order valence-corrected chi connectivity index (χ4v) is 2.61. The van der Waals surface area contributed by atoms with E-state index in [0.29, 0.717) is 0 Å². The second kappa shape index (κ2) is 2.73. The van der Waals surface area contributed by atoms with Gasteiger partial charge in [0.15, 0.2) is 0 Å². The Morgan fingerprint density at radius 2 is 1.44 bits per heavy atom. The second-order valence-corrected chi connectivity index (χ2v) is 4.51. The summed E-state index contributed by atoms with van der Waals surface area (Å²) >= 11 is 0. The average molecular weight is 218 g/mol. The second-order valence-electron chi connectivity index (χ2n) is 4.51.